The number of rotatable bonds is 6. The maximum Gasteiger partial charge on any atom is 0.352 e. The summed E-state index contributed by atoms with van der Waals surface area (Å²) >= 11 is 0. The zero-order valence-electron chi connectivity index (χ0n) is 15.3. The van der Waals surface area contributed by atoms with Gasteiger partial charge in [0, 0.05) is 18.3 Å². The first-order chi connectivity index (χ1) is 11.4. The van der Waals surface area contributed by atoms with Crippen molar-refractivity contribution in [2.75, 3.05) is 14.1 Å². The molecule has 0 amide bonds. The highest BCUT2D eigenvalue weighted by molar-refractivity contribution is 5.54. The largest absolute Gasteiger partial charge is 0.352 e. The molecule has 2 rings (SSSR count). The van der Waals surface area contributed by atoms with Crippen molar-refractivity contribution < 1.29 is 0 Å². The Bertz CT molecular complexity index is 770. The lowest BCUT2D eigenvalue weighted by Gasteiger charge is -2.12. The van der Waals surface area contributed by atoms with Crippen LogP contribution in [0.4, 0.5) is 0 Å². The number of nitrogens with zero attached hydrogens (tertiary/aromatic N) is 3. The van der Waals surface area contributed by atoms with Crippen LogP contribution in [0.2, 0.25) is 0 Å². The number of aromatic nitrogens is 2. The minimum atomic E-state index is -0.238. The monoisotopic (exact) mass is 325 g/mol. The fourth-order valence-electron chi connectivity index (χ4n) is 2.74. The molecule has 0 aliphatic rings. The van der Waals surface area contributed by atoms with Gasteiger partial charge in [-0.2, -0.15) is 4.98 Å². The molecule has 0 saturated heterocycles. The standard InChI is InChI=1S/C20H27N3O/c1-6-7-15(2)12-18-14-23(20(24)21-16(18)3)19-10-8-17(9-11-19)13-22(4)5/h8-12,14H,6-7,13H2,1-5H3/b15-12-. The van der Waals surface area contributed by atoms with Crippen molar-refractivity contribution in [3.05, 3.63) is 63.3 Å². The van der Waals surface area contributed by atoms with Gasteiger partial charge in [-0.3, -0.25) is 4.57 Å². The van der Waals surface area contributed by atoms with Gasteiger partial charge in [0.25, 0.3) is 0 Å². The van der Waals surface area contributed by atoms with E-state index in [1.807, 2.05) is 39.3 Å². The number of benzene rings is 1. The van der Waals surface area contributed by atoms with Crippen molar-refractivity contribution in [3.63, 3.8) is 0 Å². The van der Waals surface area contributed by atoms with Crippen LogP contribution in [0.1, 0.15) is 43.5 Å². The minimum Gasteiger partial charge on any atom is -0.305 e. The van der Waals surface area contributed by atoms with Crippen LogP contribution in [0, 0.1) is 6.92 Å². The normalized spacial score (nSPS) is 12.0. The zero-order valence-corrected chi connectivity index (χ0v) is 15.3. The van der Waals surface area contributed by atoms with E-state index in [1.165, 1.54) is 11.1 Å². The van der Waals surface area contributed by atoms with E-state index >= 15 is 0 Å². The van der Waals surface area contributed by atoms with Gasteiger partial charge in [0.2, 0.25) is 0 Å². The molecule has 1 heterocycles. The second-order valence-corrected chi connectivity index (χ2v) is 6.58. The van der Waals surface area contributed by atoms with E-state index in [-0.39, 0.29) is 5.69 Å². The van der Waals surface area contributed by atoms with Crippen LogP contribution in [0.5, 0.6) is 0 Å². The van der Waals surface area contributed by atoms with E-state index in [2.05, 4.69) is 41.9 Å². The summed E-state index contributed by atoms with van der Waals surface area (Å²) in [5.41, 5.74) is 4.90. The molecule has 0 aliphatic heterocycles. The molecule has 24 heavy (non-hydrogen) atoms. The van der Waals surface area contributed by atoms with Crippen LogP contribution < -0.4 is 5.69 Å². The van der Waals surface area contributed by atoms with E-state index < -0.39 is 0 Å². The summed E-state index contributed by atoms with van der Waals surface area (Å²) in [6, 6.07) is 8.06. The van der Waals surface area contributed by atoms with Crippen molar-refractivity contribution in [2.45, 2.75) is 40.2 Å². The zero-order chi connectivity index (χ0) is 17.7. The molecule has 0 fully saturated rings. The Morgan fingerprint density at radius 3 is 2.50 bits per heavy atom. The Kier molecular flexibility index (Phi) is 6.10. The Balaban J connectivity index is 2.40. The molecule has 0 radical (unpaired) electrons. The predicted octanol–water partition coefficient (Wildman–Crippen LogP) is 3.81. The third kappa shape index (κ3) is 4.65. The topological polar surface area (TPSA) is 38.1 Å². The Morgan fingerprint density at radius 1 is 1.25 bits per heavy atom. The second kappa shape index (κ2) is 8.06. The van der Waals surface area contributed by atoms with E-state index in [0.717, 1.165) is 36.3 Å². The third-order valence-corrected chi connectivity index (χ3v) is 3.91. The smallest absolute Gasteiger partial charge is 0.305 e. The molecule has 0 bridgehead atoms. The van der Waals surface area contributed by atoms with E-state index in [4.69, 9.17) is 0 Å². The molecule has 0 saturated carbocycles. The average molecular weight is 325 g/mol. The van der Waals surface area contributed by atoms with Gasteiger partial charge in [-0.05, 0) is 52.1 Å². The van der Waals surface area contributed by atoms with Gasteiger partial charge < -0.3 is 4.90 Å². The van der Waals surface area contributed by atoms with Gasteiger partial charge in [-0.1, -0.05) is 37.1 Å². The molecule has 0 unspecified atom stereocenters. The van der Waals surface area contributed by atoms with Gasteiger partial charge >= 0.3 is 5.69 Å². The molecule has 0 aliphatic carbocycles. The molecule has 128 valence electrons. The summed E-state index contributed by atoms with van der Waals surface area (Å²) < 4.78 is 1.62. The van der Waals surface area contributed by atoms with Gasteiger partial charge in [-0.15, -0.1) is 0 Å². The molecule has 0 N–H and O–H groups in total. The van der Waals surface area contributed by atoms with Crippen molar-refractivity contribution in [3.8, 4) is 5.69 Å². The van der Waals surface area contributed by atoms with Gasteiger partial charge in [0.15, 0.2) is 0 Å². The average Bonchev–Trinajstić information content (AvgIpc) is 2.51. The first-order valence-electron chi connectivity index (χ1n) is 8.42. The molecule has 4 heteroatoms. The van der Waals surface area contributed by atoms with Crippen LogP contribution in [-0.4, -0.2) is 28.5 Å². The first kappa shape index (κ1) is 18.1. The summed E-state index contributed by atoms with van der Waals surface area (Å²) in [5, 5.41) is 0. The maximum atomic E-state index is 12.3. The summed E-state index contributed by atoms with van der Waals surface area (Å²) in [7, 11) is 4.08. The lowest BCUT2D eigenvalue weighted by atomic mass is 10.1. The second-order valence-electron chi connectivity index (χ2n) is 6.58. The molecule has 0 atom stereocenters. The van der Waals surface area contributed by atoms with E-state index in [9.17, 15) is 4.79 Å². The van der Waals surface area contributed by atoms with Crippen LogP contribution >= 0.6 is 0 Å². The number of aryl methyl sites for hydroxylation is 1. The highest BCUT2D eigenvalue weighted by Gasteiger charge is 2.06. The number of hydrogen-bond acceptors (Lipinski definition) is 3. The number of hydrogen-bond donors (Lipinski definition) is 0. The molecule has 4 nitrogen and oxygen atoms in total. The highest BCUT2D eigenvalue weighted by atomic mass is 16.1. The van der Waals surface area contributed by atoms with E-state index in [1.54, 1.807) is 4.57 Å². The fraction of sp³-hybridized carbons (Fsp3) is 0.400. The minimum absolute atomic E-state index is 0.238. The van der Waals surface area contributed by atoms with Gasteiger partial charge in [0.1, 0.15) is 0 Å². The summed E-state index contributed by atoms with van der Waals surface area (Å²) in [4.78, 5) is 18.6. The third-order valence-electron chi connectivity index (χ3n) is 3.91. The lowest BCUT2D eigenvalue weighted by molar-refractivity contribution is 0.402. The SMILES string of the molecule is CCC/C(C)=C\c1cn(-c2ccc(CN(C)C)cc2)c(=O)nc1C. The molecule has 2 aromatic rings. The van der Waals surface area contributed by atoms with Crippen molar-refractivity contribution in [1.82, 2.24) is 14.5 Å². The molecular formula is C20H27N3O. The van der Waals surface area contributed by atoms with Gasteiger partial charge in [-0.25, -0.2) is 4.79 Å². The van der Waals surface area contributed by atoms with Gasteiger partial charge in [0.05, 0.1) is 11.4 Å². The van der Waals surface area contributed by atoms with Crippen molar-refractivity contribution >= 4 is 6.08 Å². The Morgan fingerprint density at radius 2 is 1.92 bits per heavy atom. The molecule has 0 spiro atoms. The molecule has 1 aromatic heterocycles. The number of allylic oxidation sites excluding steroid dienone is 1. The summed E-state index contributed by atoms with van der Waals surface area (Å²) in [6.07, 6.45) is 6.19. The van der Waals surface area contributed by atoms with Crippen molar-refractivity contribution in [1.29, 1.82) is 0 Å². The van der Waals surface area contributed by atoms with E-state index in [0.29, 0.717) is 0 Å². The molecule has 1 aromatic carbocycles. The maximum absolute atomic E-state index is 12.3. The van der Waals surface area contributed by atoms with Crippen LogP contribution in [0.25, 0.3) is 11.8 Å². The van der Waals surface area contributed by atoms with Crippen LogP contribution in [-0.2, 0) is 6.54 Å². The molecular weight excluding hydrogens is 298 g/mol. The van der Waals surface area contributed by atoms with Crippen molar-refractivity contribution in [2.24, 2.45) is 0 Å². The Hall–Kier alpha value is -2.20. The van der Waals surface area contributed by atoms with Crippen LogP contribution in [0.3, 0.4) is 0 Å². The van der Waals surface area contributed by atoms with Crippen LogP contribution in [0.15, 0.2) is 40.8 Å². The highest BCUT2D eigenvalue weighted by Crippen LogP contribution is 2.15. The Labute approximate surface area is 144 Å². The predicted molar refractivity (Wildman–Crippen MR) is 101 cm³/mol. The summed E-state index contributed by atoms with van der Waals surface area (Å²) in [6.45, 7) is 7.05. The first-order valence-corrected chi connectivity index (χ1v) is 8.42. The lowest BCUT2D eigenvalue weighted by Crippen LogP contribution is -2.22. The quantitative estimate of drug-likeness (QED) is 0.810. The fourth-order valence-corrected chi connectivity index (χ4v) is 2.74. The summed E-state index contributed by atoms with van der Waals surface area (Å²) in [5.74, 6) is 0.